The van der Waals surface area contributed by atoms with E-state index < -0.39 is 0 Å². The highest BCUT2D eigenvalue weighted by atomic mass is 14.9. The van der Waals surface area contributed by atoms with Crippen LogP contribution in [-0.4, -0.2) is 12.0 Å². The minimum atomic E-state index is 0.343. The van der Waals surface area contributed by atoms with Crippen LogP contribution in [0.25, 0.3) is 0 Å². The number of nitrogens with zero attached hydrogens (tertiary/aromatic N) is 1. The van der Waals surface area contributed by atoms with Crippen molar-refractivity contribution in [2.24, 2.45) is 0 Å². The Morgan fingerprint density at radius 2 is 1.83 bits per heavy atom. The van der Waals surface area contributed by atoms with Crippen molar-refractivity contribution in [3.8, 4) is 0 Å². The maximum Gasteiger partial charge on any atom is 0.0362 e. The summed E-state index contributed by atoms with van der Waals surface area (Å²) in [5, 5.41) is 3.39. The molecule has 0 saturated heterocycles. The Morgan fingerprint density at radius 1 is 1.11 bits per heavy atom. The zero-order valence-corrected chi connectivity index (χ0v) is 11.3. The first-order chi connectivity index (χ1) is 8.70. The highest BCUT2D eigenvalue weighted by molar-refractivity contribution is 5.29. The number of likely N-dealkylation sites (N-methyl/N-ethyl adjacent to an activating group) is 1. The lowest BCUT2D eigenvalue weighted by molar-refractivity contribution is 0.588. The second-order valence-electron chi connectivity index (χ2n) is 4.76. The van der Waals surface area contributed by atoms with Gasteiger partial charge in [-0.1, -0.05) is 29.8 Å². The second-order valence-corrected chi connectivity index (χ2v) is 4.76. The van der Waals surface area contributed by atoms with Gasteiger partial charge >= 0.3 is 0 Å². The highest BCUT2D eigenvalue weighted by Crippen LogP contribution is 2.20. The second kappa shape index (κ2) is 5.78. The van der Waals surface area contributed by atoms with Crippen LogP contribution in [-0.2, 0) is 6.42 Å². The van der Waals surface area contributed by atoms with Gasteiger partial charge in [0, 0.05) is 18.4 Å². The molecule has 1 atom stereocenters. The van der Waals surface area contributed by atoms with Gasteiger partial charge in [-0.2, -0.15) is 0 Å². The van der Waals surface area contributed by atoms with Gasteiger partial charge in [-0.3, -0.25) is 4.98 Å². The van der Waals surface area contributed by atoms with Gasteiger partial charge in [0.2, 0.25) is 0 Å². The summed E-state index contributed by atoms with van der Waals surface area (Å²) in [6, 6.07) is 11.2. The maximum absolute atomic E-state index is 4.15. The lowest BCUT2D eigenvalue weighted by Gasteiger charge is -2.18. The highest BCUT2D eigenvalue weighted by Gasteiger charge is 2.12. The molecule has 2 heteroatoms. The third-order valence-electron chi connectivity index (χ3n) is 3.35. The lowest BCUT2D eigenvalue weighted by Crippen LogP contribution is -2.19. The first-order valence-corrected chi connectivity index (χ1v) is 6.34. The third-order valence-corrected chi connectivity index (χ3v) is 3.35. The topological polar surface area (TPSA) is 24.9 Å². The van der Waals surface area contributed by atoms with E-state index in [0.717, 1.165) is 6.42 Å². The molecule has 0 aliphatic carbocycles. The Kier molecular flexibility index (Phi) is 4.11. The Bertz CT molecular complexity index is 503. The number of hydrogen-bond acceptors (Lipinski definition) is 2. The first-order valence-electron chi connectivity index (χ1n) is 6.34. The number of rotatable bonds is 4. The molecule has 1 N–H and O–H groups in total. The van der Waals surface area contributed by atoms with E-state index in [9.17, 15) is 0 Å². The monoisotopic (exact) mass is 240 g/mol. The Balaban J connectivity index is 2.20. The summed E-state index contributed by atoms with van der Waals surface area (Å²) in [4.78, 5) is 4.15. The average Bonchev–Trinajstić information content (AvgIpc) is 2.39. The van der Waals surface area contributed by atoms with Gasteiger partial charge in [0.15, 0.2) is 0 Å². The van der Waals surface area contributed by atoms with Crippen molar-refractivity contribution in [1.82, 2.24) is 10.3 Å². The molecule has 2 nitrogen and oxygen atoms in total. The molecule has 0 spiro atoms. The van der Waals surface area contributed by atoms with Crippen LogP contribution in [0, 0.1) is 13.8 Å². The van der Waals surface area contributed by atoms with E-state index >= 15 is 0 Å². The summed E-state index contributed by atoms with van der Waals surface area (Å²) in [6.07, 6.45) is 4.79. The maximum atomic E-state index is 4.15. The van der Waals surface area contributed by atoms with Gasteiger partial charge in [0.1, 0.15) is 0 Å². The van der Waals surface area contributed by atoms with Crippen LogP contribution in [0.5, 0.6) is 0 Å². The Hall–Kier alpha value is -1.67. The van der Waals surface area contributed by atoms with Crippen LogP contribution in [0.3, 0.4) is 0 Å². The molecule has 0 saturated carbocycles. The van der Waals surface area contributed by atoms with E-state index in [1.807, 2.05) is 19.4 Å². The molecule has 1 aromatic carbocycles. The zero-order valence-electron chi connectivity index (χ0n) is 11.3. The van der Waals surface area contributed by atoms with E-state index in [-0.39, 0.29) is 0 Å². The minimum absolute atomic E-state index is 0.343. The van der Waals surface area contributed by atoms with E-state index in [0.29, 0.717) is 6.04 Å². The molecule has 0 fully saturated rings. The van der Waals surface area contributed by atoms with Crippen LogP contribution in [0.4, 0.5) is 0 Å². The Labute approximate surface area is 109 Å². The van der Waals surface area contributed by atoms with E-state index in [4.69, 9.17) is 0 Å². The smallest absolute Gasteiger partial charge is 0.0362 e. The van der Waals surface area contributed by atoms with Gasteiger partial charge < -0.3 is 5.32 Å². The van der Waals surface area contributed by atoms with E-state index in [1.54, 1.807) is 0 Å². The number of nitrogens with one attached hydrogen (secondary N) is 1. The van der Waals surface area contributed by atoms with Gasteiger partial charge in [0.25, 0.3) is 0 Å². The zero-order chi connectivity index (χ0) is 13.0. The number of aryl methyl sites for hydroxylation is 2. The van der Waals surface area contributed by atoms with Crippen molar-refractivity contribution in [2.75, 3.05) is 7.05 Å². The molecule has 0 aliphatic rings. The van der Waals surface area contributed by atoms with Crippen molar-refractivity contribution < 1.29 is 0 Å². The summed E-state index contributed by atoms with van der Waals surface area (Å²) in [5.41, 5.74) is 5.23. The van der Waals surface area contributed by atoms with Crippen LogP contribution in [0.15, 0.2) is 42.7 Å². The molecular weight excluding hydrogens is 220 g/mol. The summed E-state index contributed by atoms with van der Waals surface area (Å²) < 4.78 is 0. The van der Waals surface area contributed by atoms with Crippen molar-refractivity contribution in [3.05, 3.63) is 65.0 Å². The standard InChI is InChI=1S/C16H20N2/c1-12-4-6-14(7-5-12)10-16(17-3)15-8-9-18-11-13(15)2/h4-9,11,16-17H,10H2,1-3H3. The fraction of sp³-hybridized carbons (Fsp3) is 0.312. The van der Waals surface area contributed by atoms with Crippen molar-refractivity contribution >= 4 is 0 Å². The van der Waals surface area contributed by atoms with Crippen LogP contribution < -0.4 is 5.32 Å². The Morgan fingerprint density at radius 3 is 2.44 bits per heavy atom. The normalized spacial score (nSPS) is 12.4. The molecule has 2 rings (SSSR count). The first kappa shape index (κ1) is 12.8. The molecule has 2 aromatic rings. The molecule has 1 heterocycles. The van der Waals surface area contributed by atoms with Crippen LogP contribution in [0.1, 0.15) is 28.3 Å². The number of aromatic nitrogens is 1. The third kappa shape index (κ3) is 2.96. The summed E-state index contributed by atoms with van der Waals surface area (Å²) >= 11 is 0. The summed E-state index contributed by atoms with van der Waals surface area (Å²) in [5.74, 6) is 0. The van der Waals surface area contributed by atoms with Crippen LogP contribution >= 0.6 is 0 Å². The molecular formula is C16H20N2. The molecule has 1 aromatic heterocycles. The quantitative estimate of drug-likeness (QED) is 0.887. The minimum Gasteiger partial charge on any atom is -0.313 e. The van der Waals surface area contributed by atoms with Gasteiger partial charge in [0.05, 0.1) is 0 Å². The predicted octanol–water partition coefficient (Wildman–Crippen LogP) is 3.20. The predicted molar refractivity (Wildman–Crippen MR) is 75.7 cm³/mol. The van der Waals surface area contributed by atoms with Crippen molar-refractivity contribution in [3.63, 3.8) is 0 Å². The average molecular weight is 240 g/mol. The number of hydrogen-bond donors (Lipinski definition) is 1. The SMILES string of the molecule is CNC(Cc1ccc(C)cc1)c1ccncc1C. The fourth-order valence-electron chi connectivity index (χ4n) is 2.20. The van der Waals surface area contributed by atoms with Crippen molar-refractivity contribution in [1.29, 1.82) is 0 Å². The van der Waals surface area contributed by atoms with Crippen LogP contribution in [0.2, 0.25) is 0 Å². The van der Waals surface area contributed by atoms with Gasteiger partial charge in [-0.25, -0.2) is 0 Å². The molecule has 18 heavy (non-hydrogen) atoms. The van der Waals surface area contributed by atoms with Gasteiger partial charge in [-0.05, 0) is 50.1 Å². The molecule has 1 unspecified atom stereocenters. The van der Waals surface area contributed by atoms with E-state index in [2.05, 4.69) is 54.5 Å². The van der Waals surface area contributed by atoms with E-state index in [1.165, 1.54) is 22.3 Å². The van der Waals surface area contributed by atoms with Gasteiger partial charge in [-0.15, -0.1) is 0 Å². The number of benzene rings is 1. The molecule has 0 bridgehead atoms. The van der Waals surface area contributed by atoms with Crippen molar-refractivity contribution in [2.45, 2.75) is 26.3 Å². The molecule has 94 valence electrons. The molecule has 0 aliphatic heterocycles. The number of pyridine rings is 1. The molecule has 0 radical (unpaired) electrons. The summed E-state index contributed by atoms with van der Waals surface area (Å²) in [7, 11) is 2.01. The summed E-state index contributed by atoms with van der Waals surface area (Å²) in [6.45, 7) is 4.23. The fourth-order valence-corrected chi connectivity index (χ4v) is 2.20. The molecule has 0 amide bonds. The lowest BCUT2D eigenvalue weighted by atomic mass is 9.96. The largest absolute Gasteiger partial charge is 0.313 e.